The predicted molar refractivity (Wildman–Crippen MR) is 87.6 cm³/mol. The first-order valence-corrected chi connectivity index (χ1v) is 8.12. The van der Waals surface area contributed by atoms with E-state index in [0.29, 0.717) is 6.04 Å². The number of benzene rings is 1. The van der Waals surface area contributed by atoms with Crippen LogP contribution in [-0.4, -0.2) is 12.1 Å². The minimum absolute atomic E-state index is 0.0351. The number of carbonyl (C=O) groups is 1. The Balaban J connectivity index is 1.95. The van der Waals surface area contributed by atoms with Gasteiger partial charge in [0.1, 0.15) is 0 Å². The second-order valence-corrected chi connectivity index (χ2v) is 6.47. The Morgan fingerprint density at radius 3 is 2.33 bits per heavy atom. The van der Waals surface area contributed by atoms with Gasteiger partial charge in [-0.3, -0.25) is 0 Å². The number of hydrogen-bond donors (Lipinski definition) is 2. The lowest BCUT2D eigenvalue weighted by atomic mass is 9.95. The summed E-state index contributed by atoms with van der Waals surface area (Å²) in [6.45, 7) is 8.41. The highest BCUT2D eigenvalue weighted by atomic mass is 16.2. The first kappa shape index (κ1) is 15.9. The average Bonchev–Trinajstić information content (AvgIpc) is 2.43. The highest BCUT2D eigenvalue weighted by molar-refractivity contribution is 5.74. The largest absolute Gasteiger partial charge is 0.335 e. The van der Waals surface area contributed by atoms with Crippen molar-refractivity contribution < 1.29 is 4.79 Å². The molecule has 3 nitrogen and oxygen atoms in total. The molecule has 0 radical (unpaired) electrons. The van der Waals surface area contributed by atoms with Crippen molar-refractivity contribution in [3.63, 3.8) is 0 Å². The summed E-state index contributed by atoms with van der Waals surface area (Å²) in [4.78, 5) is 12.1. The van der Waals surface area contributed by atoms with E-state index in [4.69, 9.17) is 0 Å². The second-order valence-electron chi connectivity index (χ2n) is 6.47. The maximum absolute atomic E-state index is 12.1. The molecule has 2 N–H and O–H groups in total. The van der Waals surface area contributed by atoms with Gasteiger partial charge < -0.3 is 10.6 Å². The average molecular weight is 288 g/mol. The number of amides is 2. The molecule has 1 fully saturated rings. The van der Waals surface area contributed by atoms with E-state index in [-0.39, 0.29) is 12.1 Å². The lowest BCUT2D eigenvalue weighted by molar-refractivity contribution is 0.229. The summed E-state index contributed by atoms with van der Waals surface area (Å²) in [5, 5.41) is 6.20. The molecule has 1 aliphatic carbocycles. The van der Waals surface area contributed by atoms with Crippen LogP contribution in [0, 0.1) is 20.8 Å². The minimum Gasteiger partial charge on any atom is -0.335 e. The van der Waals surface area contributed by atoms with Gasteiger partial charge in [0.2, 0.25) is 0 Å². The van der Waals surface area contributed by atoms with Gasteiger partial charge >= 0.3 is 6.03 Å². The van der Waals surface area contributed by atoms with Gasteiger partial charge in [-0.25, -0.2) is 4.79 Å². The van der Waals surface area contributed by atoms with Crippen LogP contribution in [0.2, 0.25) is 0 Å². The molecule has 21 heavy (non-hydrogen) atoms. The maximum atomic E-state index is 12.1. The topological polar surface area (TPSA) is 41.1 Å². The van der Waals surface area contributed by atoms with Crippen molar-refractivity contribution >= 4 is 6.03 Å². The van der Waals surface area contributed by atoms with E-state index in [9.17, 15) is 4.79 Å². The summed E-state index contributed by atoms with van der Waals surface area (Å²) in [5.41, 5.74) is 5.02. The van der Waals surface area contributed by atoms with Crippen LogP contribution in [0.25, 0.3) is 0 Å². The Kier molecular flexibility index (Phi) is 5.27. The van der Waals surface area contributed by atoms with Gasteiger partial charge in [-0.15, -0.1) is 0 Å². The fraction of sp³-hybridized carbons (Fsp3) is 0.611. The normalized spacial score (nSPS) is 17.3. The van der Waals surface area contributed by atoms with Crippen LogP contribution in [0.1, 0.15) is 67.3 Å². The molecule has 0 heterocycles. The number of nitrogens with one attached hydrogen (secondary N) is 2. The standard InChI is InChI=1S/C18H28N2O/c1-12-10-14(3)17(11-13(12)2)15(4)19-18(21)20-16-8-6-5-7-9-16/h10-11,15-16H,5-9H2,1-4H3,(H2,19,20,21)/t15-/m0/s1. The molecule has 1 saturated carbocycles. The van der Waals surface area contributed by atoms with Crippen LogP contribution in [-0.2, 0) is 0 Å². The molecule has 2 amide bonds. The Bertz CT molecular complexity index is 504. The third-order valence-corrected chi connectivity index (χ3v) is 4.64. The van der Waals surface area contributed by atoms with Crippen LogP contribution in [0.3, 0.4) is 0 Å². The van der Waals surface area contributed by atoms with Crippen molar-refractivity contribution in [1.29, 1.82) is 0 Å². The number of carbonyl (C=O) groups excluding carboxylic acids is 1. The smallest absolute Gasteiger partial charge is 0.315 e. The molecule has 1 aromatic carbocycles. The summed E-state index contributed by atoms with van der Waals surface area (Å²) < 4.78 is 0. The number of rotatable bonds is 3. The van der Waals surface area contributed by atoms with Crippen LogP contribution in [0.15, 0.2) is 12.1 Å². The van der Waals surface area contributed by atoms with Crippen LogP contribution < -0.4 is 10.6 Å². The summed E-state index contributed by atoms with van der Waals surface area (Å²) in [6.07, 6.45) is 6.00. The van der Waals surface area contributed by atoms with Gasteiger partial charge in [-0.05, 0) is 62.8 Å². The fourth-order valence-electron chi connectivity index (χ4n) is 3.20. The van der Waals surface area contributed by atoms with Crippen molar-refractivity contribution in [3.05, 3.63) is 34.4 Å². The zero-order valence-corrected chi connectivity index (χ0v) is 13.8. The lowest BCUT2D eigenvalue weighted by Crippen LogP contribution is -2.43. The number of aryl methyl sites for hydroxylation is 3. The zero-order valence-electron chi connectivity index (χ0n) is 13.8. The molecule has 0 saturated heterocycles. The number of hydrogen-bond acceptors (Lipinski definition) is 1. The predicted octanol–water partition coefficient (Wildman–Crippen LogP) is 4.30. The maximum Gasteiger partial charge on any atom is 0.315 e. The minimum atomic E-state index is -0.0352. The van der Waals surface area contributed by atoms with Gasteiger partial charge in [-0.1, -0.05) is 31.4 Å². The molecule has 116 valence electrons. The molecule has 3 heteroatoms. The summed E-state index contributed by atoms with van der Waals surface area (Å²) >= 11 is 0. The van der Waals surface area contributed by atoms with E-state index >= 15 is 0 Å². The monoisotopic (exact) mass is 288 g/mol. The number of urea groups is 1. The van der Waals surface area contributed by atoms with Crippen molar-refractivity contribution in [1.82, 2.24) is 10.6 Å². The van der Waals surface area contributed by atoms with Crippen LogP contribution >= 0.6 is 0 Å². The van der Waals surface area contributed by atoms with Gasteiger partial charge in [0, 0.05) is 6.04 Å². The molecule has 1 aromatic rings. The lowest BCUT2D eigenvalue weighted by Gasteiger charge is -2.25. The van der Waals surface area contributed by atoms with E-state index in [1.807, 2.05) is 0 Å². The molecular weight excluding hydrogens is 260 g/mol. The van der Waals surface area contributed by atoms with Gasteiger partial charge in [0.15, 0.2) is 0 Å². The Morgan fingerprint density at radius 2 is 1.67 bits per heavy atom. The Morgan fingerprint density at radius 1 is 1.05 bits per heavy atom. The highest BCUT2D eigenvalue weighted by Gasteiger charge is 2.18. The fourth-order valence-corrected chi connectivity index (χ4v) is 3.20. The van der Waals surface area contributed by atoms with Crippen molar-refractivity contribution in [2.45, 2.75) is 71.9 Å². The van der Waals surface area contributed by atoms with E-state index < -0.39 is 0 Å². The van der Waals surface area contributed by atoms with Crippen LogP contribution in [0.4, 0.5) is 4.79 Å². The molecule has 0 unspecified atom stereocenters. The Hall–Kier alpha value is -1.51. The molecule has 2 rings (SSSR count). The molecule has 0 aromatic heterocycles. The third-order valence-electron chi connectivity index (χ3n) is 4.64. The van der Waals surface area contributed by atoms with Crippen molar-refractivity contribution in [3.8, 4) is 0 Å². The molecule has 0 aliphatic heterocycles. The van der Waals surface area contributed by atoms with Crippen molar-refractivity contribution in [2.24, 2.45) is 0 Å². The summed E-state index contributed by atoms with van der Waals surface area (Å²) in [5.74, 6) is 0. The Labute approximate surface area is 128 Å². The summed E-state index contributed by atoms with van der Waals surface area (Å²) in [7, 11) is 0. The quantitative estimate of drug-likeness (QED) is 0.855. The SMILES string of the molecule is Cc1cc(C)c([C@H](C)NC(=O)NC2CCCCC2)cc1C. The van der Waals surface area contributed by atoms with Gasteiger partial charge in [-0.2, -0.15) is 0 Å². The molecule has 0 spiro atoms. The van der Waals surface area contributed by atoms with Gasteiger partial charge in [0.05, 0.1) is 6.04 Å². The van der Waals surface area contributed by atoms with E-state index in [0.717, 1.165) is 12.8 Å². The van der Waals surface area contributed by atoms with E-state index in [1.165, 1.54) is 41.5 Å². The zero-order chi connectivity index (χ0) is 15.4. The van der Waals surface area contributed by atoms with Crippen LogP contribution in [0.5, 0.6) is 0 Å². The van der Waals surface area contributed by atoms with Crippen molar-refractivity contribution in [2.75, 3.05) is 0 Å². The van der Waals surface area contributed by atoms with E-state index in [1.54, 1.807) is 0 Å². The molecule has 0 bridgehead atoms. The van der Waals surface area contributed by atoms with Gasteiger partial charge in [0.25, 0.3) is 0 Å². The highest BCUT2D eigenvalue weighted by Crippen LogP contribution is 2.22. The van der Waals surface area contributed by atoms with E-state index in [2.05, 4.69) is 50.5 Å². The first-order chi connectivity index (χ1) is 9.97. The molecular formula is C18H28N2O. The third kappa shape index (κ3) is 4.23. The molecule has 1 aliphatic rings. The molecule has 1 atom stereocenters. The second kappa shape index (κ2) is 6.97. The first-order valence-electron chi connectivity index (χ1n) is 8.12. The summed E-state index contributed by atoms with van der Waals surface area (Å²) in [6, 6.07) is 4.74.